The summed E-state index contributed by atoms with van der Waals surface area (Å²) in [5.41, 5.74) is 5.68. The molecule has 0 atom stereocenters. The van der Waals surface area contributed by atoms with Crippen molar-refractivity contribution in [3.05, 3.63) is 142 Å². The number of aryl methyl sites for hydroxylation is 1. The maximum atomic E-state index is 15.0. The van der Waals surface area contributed by atoms with Crippen molar-refractivity contribution in [2.24, 2.45) is 0 Å². The molecule has 6 rings (SSSR count). The minimum absolute atomic E-state index is 0.0635. The lowest BCUT2D eigenvalue weighted by Gasteiger charge is -2.33. The number of phenols is 1. The van der Waals surface area contributed by atoms with Crippen molar-refractivity contribution in [3.8, 4) is 16.9 Å². The predicted octanol–water partition coefficient (Wildman–Crippen LogP) is 11.4. The number of hydrogen-bond donors (Lipinski definition) is 2. The van der Waals surface area contributed by atoms with Crippen LogP contribution in [-0.4, -0.2) is 13.5 Å². The van der Waals surface area contributed by atoms with Crippen LogP contribution in [0.3, 0.4) is 0 Å². The van der Waals surface area contributed by atoms with Crippen LogP contribution in [0.1, 0.15) is 31.9 Å². The highest BCUT2D eigenvalue weighted by molar-refractivity contribution is 7.93. The zero-order valence-electron chi connectivity index (χ0n) is 26.4. The van der Waals surface area contributed by atoms with E-state index in [0.717, 1.165) is 39.0 Å². The number of nitrogens with zero attached hydrogens (tertiary/aromatic N) is 1. The van der Waals surface area contributed by atoms with Crippen molar-refractivity contribution < 1.29 is 13.5 Å². The molecule has 2 N–H and O–H groups in total. The average molecular weight is 682 g/mol. The molecule has 0 aliphatic carbocycles. The first-order valence-electron chi connectivity index (χ1n) is 15.1. The van der Waals surface area contributed by atoms with Gasteiger partial charge >= 0.3 is 0 Å². The van der Waals surface area contributed by atoms with E-state index in [1.165, 1.54) is 16.4 Å². The van der Waals surface area contributed by atoms with Crippen LogP contribution in [0.4, 0.5) is 22.7 Å². The van der Waals surface area contributed by atoms with Crippen LogP contribution < -0.4 is 9.62 Å². The number of hydrogen-bond acceptors (Lipinski definition) is 4. The molecule has 0 heterocycles. The van der Waals surface area contributed by atoms with Gasteiger partial charge in [-0.15, -0.1) is 0 Å². The predicted molar refractivity (Wildman–Crippen MR) is 196 cm³/mol. The molecule has 5 nitrogen and oxygen atoms in total. The van der Waals surface area contributed by atoms with E-state index in [4.69, 9.17) is 23.2 Å². The Morgan fingerprint density at radius 3 is 1.85 bits per heavy atom. The van der Waals surface area contributed by atoms with Gasteiger partial charge in [0.25, 0.3) is 10.0 Å². The Bertz CT molecular complexity index is 2170. The molecular formula is C39H34Cl2N2O3S. The van der Waals surface area contributed by atoms with Gasteiger partial charge in [0.2, 0.25) is 0 Å². The molecule has 6 aromatic rings. The summed E-state index contributed by atoms with van der Waals surface area (Å²) in [5, 5.41) is 15.4. The number of phenolic OH excluding ortho intramolecular Hbond substituents is 1. The third kappa shape index (κ3) is 6.41. The molecule has 0 aromatic heterocycles. The standard InChI is InChI=1S/C39H34Cl2N2O3S/c1-25-14-18-28(19-15-25)42-36-24-33(39(2,3)4)37(32-13-9-8-12-31(32)36)43(29-22-34(40)38(44)35(41)23-29)47(45,46)30-20-16-27(17-21-30)26-10-6-5-7-11-26/h5-24,42,44H,1-4H3. The van der Waals surface area contributed by atoms with E-state index in [1.807, 2.05) is 113 Å². The molecule has 0 radical (unpaired) electrons. The lowest BCUT2D eigenvalue weighted by molar-refractivity contribution is 0.476. The Morgan fingerprint density at radius 2 is 1.26 bits per heavy atom. The monoisotopic (exact) mass is 680 g/mol. The van der Waals surface area contributed by atoms with Crippen LogP contribution in [0.5, 0.6) is 5.75 Å². The first-order chi connectivity index (χ1) is 22.3. The van der Waals surface area contributed by atoms with Gasteiger partial charge in [0.15, 0.2) is 5.75 Å². The highest BCUT2D eigenvalue weighted by Crippen LogP contribution is 2.48. The quantitative estimate of drug-likeness (QED) is 0.176. The van der Waals surface area contributed by atoms with Crippen LogP contribution in [0.25, 0.3) is 21.9 Å². The molecule has 238 valence electrons. The summed E-state index contributed by atoms with van der Waals surface area (Å²) in [7, 11) is -4.29. The number of aromatic hydroxyl groups is 1. The van der Waals surface area contributed by atoms with Crippen LogP contribution >= 0.6 is 23.2 Å². The van der Waals surface area contributed by atoms with Crippen molar-refractivity contribution in [2.75, 3.05) is 9.62 Å². The smallest absolute Gasteiger partial charge is 0.268 e. The zero-order valence-corrected chi connectivity index (χ0v) is 28.8. The summed E-state index contributed by atoms with van der Waals surface area (Å²) in [6.45, 7) is 8.18. The largest absolute Gasteiger partial charge is 0.505 e. The van der Waals surface area contributed by atoms with E-state index in [9.17, 15) is 13.5 Å². The summed E-state index contributed by atoms with van der Waals surface area (Å²) in [6.07, 6.45) is 0. The van der Waals surface area contributed by atoms with Crippen LogP contribution in [-0.2, 0) is 15.4 Å². The summed E-state index contributed by atoms with van der Waals surface area (Å²) >= 11 is 12.9. The molecule has 0 aliphatic heterocycles. The fourth-order valence-corrected chi connectivity index (χ4v) is 7.65. The number of nitrogens with one attached hydrogen (secondary N) is 1. The second-order valence-corrected chi connectivity index (χ2v) is 15.1. The first-order valence-corrected chi connectivity index (χ1v) is 17.3. The fraction of sp³-hybridized carbons (Fsp3) is 0.128. The second kappa shape index (κ2) is 12.6. The number of sulfonamides is 1. The summed E-state index contributed by atoms with van der Waals surface area (Å²) in [5.74, 6) is -0.319. The SMILES string of the molecule is Cc1ccc(Nc2cc(C(C)(C)C)c(N(c3cc(Cl)c(O)c(Cl)c3)S(=O)(=O)c3ccc(-c4ccccc4)cc3)c3ccccc23)cc1. The lowest BCUT2D eigenvalue weighted by Crippen LogP contribution is -2.29. The number of rotatable bonds is 7. The van der Waals surface area contributed by atoms with Crippen molar-refractivity contribution in [1.82, 2.24) is 0 Å². The van der Waals surface area contributed by atoms with E-state index in [2.05, 4.69) is 5.32 Å². The molecule has 0 spiro atoms. The van der Waals surface area contributed by atoms with E-state index >= 15 is 0 Å². The Labute approximate surface area is 286 Å². The molecule has 0 unspecified atom stereocenters. The number of fused-ring (bicyclic) bond motifs is 1. The first kappa shape index (κ1) is 32.5. The molecule has 0 bridgehead atoms. The van der Waals surface area contributed by atoms with Gasteiger partial charge in [0.05, 0.1) is 26.3 Å². The maximum Gasteiger partial charge on any atom is 0.268 e. The third-order valence-electron chi connectivity index (χ3n) is 8.09. The van der Waals surface area contributed by atoms with Gasteiger partial charge in [0, 0.05) is 22.1 Å². The summed E-state index contributed by atoms with van der Waals surface area (Å²) in [6, 6.07) is 37.3. The molecule has 0 amide bonds. The minimum Gasteiger partial charge on any atom is -0.505 e. The minimum atomic E-state index is -4.29. The molecule has 0 saturated carbocycles. The van der Waals surface area contributed by atoms with E-state index in [0.29, 0.717) is 11.1 Å². The van der Waals surface area contributed by atoms with Gasteiger partial charge in [0.1, 0.15) is 0 Å². The summed E-state index contributed by atoms with van der Waals surface area (Å²) < 4.78 is 31.3. The highest BCUT2D eigenvalue weighted by Gasteiger charge is 2.34. The molecule has 8 heteroatoms. The topological polar surface area (TPSA) is 69.6 Å². The van der Waals surface area contributed by atoms with Crippen molar-refractivity contribution in [1.29, 1.82) is 0 Å². The summed E-state index contributed by atoms with van der Waals surface area (Å²) in [4.78, 5) is 0.0864. The Kier molecular flexibility index (Phi) is 8.70. The number of benzene rings is 6. The number of anilines is 4. The maximum absolute atomic E-state index is 15.0. The van der Waals surface area contributed by atoms with Crippen molar-refractivity contribution >= 4 is 66.7 Å². The molecule has 0 saturated heterocycles. The van der Waals surface area contributed by atoms with Gasteiger partial charge in [-0.05, 0) is 71.5 Å². The highest BCUT2D eigenvalue weighted by atomic mass is 35.5. The Balaban J connectivity index is 1.63. The third-order valence-corrected chi connectivity index (χ3v) is 10.4. The van der Waals surface area contributed by atoms with Crippen molar-refractivity contribution in [2.45, 2.75) is 38.0 Å². The molecule has 0 fully saturated rings. The zero-order chi connectivity index (χ0) is 33.5. The molecule has 0 aliphatic rings. The van der Waals surface area contributed by atoms with Crippen LogP contribution in [0.15, 0.2) is 126 Å². The normalized spacial score (nSPS) is 11.9. The van der Waals surface area contributed by atoms with E-state index < -0.39 is 15.4 Å². The average Bonchev–Trinajstić information content (AvgIpc) is 3.05. The van der Waals surface area contributed by atoms with Crippen LogP contribution in [0.2, 0.25) is 10.0 Å². The van der Waals surface area contributed by atoms with Crippen molar-refractivity contribution in [3.63, 3.8) is 0 Å². The van der Waals surface area contributed by atoms with E-state index in [1.54, 1.807) is 24.3 Å². The Hall–Kier alpha value is -4.49. The lowest BCUT2D eigenvalue weighted by atomic mass is 9.83. The number of halogens is 2. The van der Waals surface area contributed by atoms with E-state index in [-0.39, 0.29) is 26.4 Å². The van der Waals surface area contributed by atoms with Gasteiger partial charge in [-0.2, -0.15) is 0 Å². The van der Waals surface area contributed by atoms with Gasteiger partial charge in [-0.1, -0.05) is 128 Å². The second-order valence-electron chi connectivity index (χ2n) is 12.5. The van der Waals surface area contributed by atoms with Gasteiger partial charge in [-0.25, -0.2) is 12.7 Å². The molecule has 47 heavy (non-hydrogen) atoms. The van der Waals surface area contributed by atoms with Gasteiger partial charge < -0.3 is 10.4 Å². The molecular weight excluding hydrogens is 647 g/mol. The fourth-order valence-electron chi connectivity index (χ4n) is 5.66. The van der Waals surface area contributed by atoms with Gasteiger partial charge in [-0.3, -0.25) is 0 Å². The Morgan fingerprint density at radius 1 is 0.702 bits per heavy atom. The molecule has 6 aromatic carbocycles. The van der Waals surface area contributed by atoms with Crippen LogP contribution in [0, 0.1) is 6.92 Å².